The van der Waals surface area contributed by atoms with Crippen molar-refractivity contribution in [2.45, 2.75) is 12.8 Å². The summed E-state index contributed by atoms with van der Waals surface area (Å²) < 4.78 is 0. The number of amides is 1. The standard InChI is InChI=1S/C6H9NO.H2O/c1-2-7-5-3-4-6(7)8;/h2H,1,3-5H2;1H2. The van der Waals surface area contributed by atoms with Gasteiger partial charge in [-0.15, -0.1) is 0 Å². The third-order valence-corrected chi connectivity index (χ3v) is 1.33. The second kappa shape index (κ2) is 3.25. The maximum Gasteiger partial charge on any atom is 0.226 e. The van der Waals surface area contributed by atoms with Crippen LogP contribution in [0.3, 0.4) is 0 Å². The van der Waals surface area contributed by atoms with Crippen LogP contribution in [0, 0.1) is 0 Å². The van der Waals surface area contributed by atoms with Crippen LogP contribution in [0.5, 0.6) is 0 Å². The van der Waals surface area contributed by atoms with E-state index in [0.29, 0.717) is 6.42 Å². The van der Waals surface area contributed by atoms with Gasteiger partial charge in [-0.05, 0) is 12.6 Å². The molecule has 0 aromatic rings. The van der Waals surface area contributed by atoms with Crippen molar-refractivity contribution in [2.75, 3.05) is 6.54 Å². The summed E-state index contributed by atoms with van der Waals surface area (Å²) in [4.78, 5) is 12.3. The summed E-state index contributed by atoms with van der Waals surface area (Å²) in [6, 6.07) is 0. The van der Waals surface area contributed by atoms with E-state index < -0.39 is 0 Å². The van der Waals surface area contributed by atoms with Gasteiger partial charge >= 0.3 is 0 Å². The van der Waals surface area contributed by atoms with E-state index in [1.807, 2.05) is 0 Å². The van der Waals surface area contributed by atoms with Gasteiger partial charge < -0.3 is 10.4 Å². The predicted octanol–water partition coefficient (Wildman–Crippen LogP) is -0.0724. The average Bonchev–Trinajstić information content (AvgIpc) is 2.14. The number of rotatable bonds is 1. The number of hydrogen-bond donors (Lipinski definition) is 0. The molecular weight excluding hydrogens is 118 g/mol. The van der Waals surface area contributed by atoms with E-state index in [0.717, 1.165) is 13.0 Å². The van der Waals surface area contributed by atoms with Gasteiger partial charge in [-0.1, -0.05) is 6.58 Å². The van der Waals surface area contributed by atoms with Crippen molar-refractivity contribution in [3.8, 4) is 0 Å². The van der Waals surface area contributed by atoms with Crippen molar-refractivity contribution in [3.63, 3.8) is 0 Å². The SMILES string of the molecule is C=CN1CCCC1=O.O. The minimum absolute atomic E-state index is 0. The zero-order valence-corrected chi connectivity index (χ0v) is 5.26. The maximum atomic E-state index is 10.7. The first-order valence-corrected chi connectivity index (χ1v) is 2.76. The third kappa shape index (κ3) is 1.54. The highest BCUT2D eigenvalue weighted by Gasteiger charge is 2.15. The Hall–Kier alpha value is -0.830. The van der Waals surface area contributed by atoms with Crippen molar-refractivity contribution >= 4 is 5.91 Å². The van der Waals surface area contributed by atoms with E-state index in [2.05, 4.69) is 6.58 Å². The minimum atomic E-state index is 0. The monoisotopic (exact) mass is 129 g/mol. The Labute approximate surface area is 54.3 Å². The molecule has 0 atom stereocenters. The quantitative estimate of drug-likeness (QED) is 0.488. The average molecular weight is 129 g/mol. The fraction of sp³-hybridized carbons (Fsp3) is 0.500. The molecule has 0 bridgehead atoms. The lowest BCUT2D eigenvalue weighted by Gasteiger charge is -2.05. The number of carbonyl (C=O) groups is 1. The third-order valence-electron chi connectivity index (χ3n) is 1.33. The normalized spacial score (nSPS) is 17.3. The van der Waals surface area contributed by atoms with Gasteiger partial charge in [0.25, 0.3) is 0 Å². The van der Waals surface area contributed by atoms with Crippen LogP contribution in [-0.4, -0.2) is 22.8 Å². The number of carbonyl (C=O) groups excluding carboxylic acids is 1. The van der Waals surface area contributed by atoms with Crippen molar-refractivity contribution < 1.29 is 10.3 Å². The molecule has 52 valence electrons. The lowest BCUT2D eigenvalue weighted by molar-refractivity contribution is -0.125. The first-order valence-electron chi connectivity index (χ1n) is 2.76. The highest BCUT2D eigenvalue weighted by molar-refractivity contribution is 5.78. The molecule has 0 radical (unpaired) electrons. The van der Waals surface area contributed by atoms with Crippen LogP contribution in [0.4, 0.5) is 0 Å². The van der Waals surface area contributed by atoms with Gasteiger partial charge in [0.1, 0.15) is 0 Å². The molecule has 0 spiro atoms. The smallest absolute Gasteiger partial charge is 0.226 e. The molecule has 3 heteroatoms. The van der Waals surface area contributed by atoms with E-state index in [4.69, 9.17) is 0 Å². The van der Waals surface area contributed by atoms with Crippen molar-refractivity contribution in [1.82, 2.24) is 4.90 Å². The molecular formula is C6H11NO2. The van der Waals surface area contributed by atoms with Crippen LogP contribution in [0.15, 0.2) is 12.8 Å². The molecule has 1 fully saturated rings. The summed E-state index contributed by atoms with van der Waals surface area (Å²) in [7, 11) is 0. The lowest BCUT2D eigenvalue weighted by atomic mass is 10.4. The lowest BCUT2D eigenvalue weighted by Crippen LogP contribution is -2.16. The van der Waals surface area contributed by atoms with Crippen LogP contribution in [-0.2, 0) is 4.79 Å². The van der Waals surface area contributed by atoms with Gasteiger partial charge in [-0.2, -0.15) is 0 Å². The molecule has 1 aliphatic rings. The van der Waals surface area contributed by atoms with Crippen LogP contribution >= 0.6 is 0 Å². The summed E-state index contributed by atoms with van der Waals surface area (Å²) in [5, 5.41) is 0. The Morgan fingerprint density at radius 2 is 2.33 bits per heavy atom. The van der Waals surface area contributed by atoms with E-state index >= 15 is 0 Å². The van der Waals surface area contributed by atoms with E-state index in [9.17, 15) is 4.79 Å². The molecule has 1 aliphatic heterocycles. The molecule has 1 heterocycles. The van der Waals surface area contributed by atoms with E-state index in [-0.39, 0.29) is 11.4 Å². The molecule has 0 saturated carbocycles. The Bertz CT molecular complexity index is 122. The second-order valence-electron chi connectivity index (χ2n) is 1.87. The maximum absolute atomic E-state index is 10.7. The molecule has 0 aliphatic carbocycles. The van der Waals surface area contributed by atoms with Crippen molar-refractivity contribution in [1.29, 1.82) is 0 Å². The number of hydrogen-bond acceptors (Lipinski definition) is 1. The first kappa shape index (κ1) is 8.17. The predicted molar refractivity (Wildman–Crippen MR) is 34.8 cm³/mol. The van der Waals surface area contributed by atoms with Gasteiger partial charge in [-0.25, -0.2) is 0 Å². The molecule has 0 aromatic heterocycles. The van der Waals surface area contributed by atoms with Gasteiger partial charge in [0, 0.05) is 13.0 Å². The van der Waals surface area contributed by atoms with E-state index in [1.165, 1.54) is 0 Å². The van der Waals surface area contributed by atoms with Crippen LogP contribution in [0.25, 0.3) is 0 Å². The fourth-order valence-corrected chi connectivity index (χ4v) is 0.862. The molecule has 3 nitrogen and oxygen atoms in total. The zero-order chi connectivity index (χ0) is 5.98. The summed E-state index contributed by atoms with van der Waals surface area (Å²) in [5.74, 6) is 0.208. The first-order chi connectivity index (χ1) is 3.84. The molecule has 0 aromatic carbocycles. The highest BCUT2D eigenvalue weighted by atomic mass is 16.2. The van der Waals surface area contributed by atoms with Crippen molar-refractivity contribution in [2.24, 2.45) is 0 Å². The Kier molecular flexibility index (Phi) is 2.95. The zero-order valence-electron chi connectivity index (χ0n) is 5.26. The molecule has 2 N–H and O–H groups in total. The summed E-state index contributed by atoms with van der Waals surface area (Å²) in [5.41, 5.74) is 0. The summed E-state index contributed by atoms with van der Waals surface area (Å²) >= 11 is 0. The Morgan fingerprint density at radius 1 is 1.67 bits per heavy atom. The summed E-state index contributed by atoms with van der Waals surface area (Å²) in [6.45, 7) is 4.36. The Morgan fingerprint density at radius 3 is 2.56 bits per heavy atom. The molecule has 1 amide bonds. The minimum Gasteiger partial charge on any atom is -0.412 e. The van der Waals surface area contributed by atoms with Crippen LogP contribution in [0.2, 0.25) is 0 Å². The fourth-order valence-electron chi connectivity index (χ4n) is 0.862. The molecule has 1 saturated heterocycles. The highest BCUT2D eigenvalue weighted by Crippen LogP contribution is 2.08. The largest absolute Gasteiger partial charge is 0.412 e. The van der Waals surface area contributed by atoms with Crippen LogP contribution in [0.1, 0.15) is 12.8 Å². The van der Waals surface area contributed by atoms with Gasteiger partial charge in [-0.3, -0.25) is 4.79 Å². The van der Waals surface area contributed by atoms with Gasteiger partial charge in [0.2, 0.25) is 5.91 Å². The summed E-state index contributed by atoms with van der Waals surface area (Å²) in [6.07, 6.45) is 3.28. The van der Waals surface area contributed by atoms with Crippen LogP contribution < -0.4 is 0 Å². The number of nitrogens with zero attached hydrogens (tertiary/aromatic N) is 1. The van der Waals surface area contributed by atoms with Gasteiger partial charge in [0.05, 0.1) is 0 Å². The van der Waals surface area contributed by atoms with Gasteiger partial charge in [0.15, 0.2) is 0 Å². The number of likely N-dealkylation sites (tertiary alicyclic amines) is 1. The topological polar surface area (TPSA) is 51.8 Å². The van der Waals surface area contributed by atoms with E-state index in [1.54, 1.807) is 11.1 Å². The molecule has 9 heavy (non-hydrogen) atoms. The molecule has 1 rings (SSSR count). The second-order valence-corrected chi connectivity index (χ2v) is 1.87. The van der Waals surface area contributed by atoms with Crippen molar-refractivity contribution in [3.05, 3.63) is 12.8 Å². The molecule has 0 unspecified atom stereocenters. The Balaban J connectivity index is 0.000000640.